The second-order valence-corrected chi connectivity index (χ2v) is 15.5. The summed E-state index contributed by atoms with van der Waals surface area (Å²) in [5.41, 5.74) is 3.46. The molecule has 2 amide bonds. The first-order chi connectivity index (χ1) is 24.3. The SMILES string of the molecule is CCC(=O)C(CCC(N)=O)CC(C)=O.[B]C1C(C)C(COP(=O)([O-])OP(=O)([O-])OP(=O)([O-])O)OC1n1cc(CCN[C-]=O)c(=O)[nH]c1=O.[CH2-]C(=O)CC.[HH].[Y]. The third-order valence-corrected chi connectivity index (χ3v) is 10.7. The van der Waals surface area contributed by atoms with E-state index in [0.29, 0.717) is 19.3 Å². The molecular formula is C27H43BN4O18P3Y-5. The predicted molar refractivity (Wildman–Crippen MR) is 180 cm³/mol. The van der Waals surface area contributed by atoms with Crippen LogP contribution in [0.2, 0.25) is 5.82 Å². The molecule has 27 heteroatoms. The Morgan fingerprint density at radius 3 is 2.20 bits per heavy atom. The number of phosphoric ester groups is 1. The van der Waals surface area contributed by atoms with Gasteiger partial charge >= 0.3 is 5.69 Å². The molecule has 1 aliphatic heterocycles. The van der Waals surface area contributed by atoms with Crippen LogP contribution in [0.15, 0.2) is 15.8 Å². The van der Waals surface area contributed by atoms with Crippen molar-refractivity contribution in [3.05, 3.63) is 39.5 Å². The van der Waals surface area contributed by atoms with Crippen molar-refractivity contribution in [1.82, 2.24) is 14.9 Å². The quantitative estimate of drug-likeness (QED) is 0.0382. The number of primary amides is 1. The van der Waals surface area contributed by atoms with Gasteiger partial charge in [-0.05, 0) is 50.2 Å². The fourth-order valence-corrected chi connectivity index (χ4v) is 7.16. The maximum absolute atomic E-state index is 12.3. The number of hydrogen-bond acceptors (Lipinski definition) is 17. The molecule has 0 bridgehead atoms. The molecule has 1 saturated heterocycles. The van der Waals surface area contributed by atoms with Gasteiger partial charge in [0.25, 0.3) is 29.0 Å². The van der Waals surface area contributed by atoms with Crippen LogP contribution in [0, 0.1) is 18.8 Å². The van der Waals surface area contributed by atoms with Crippen molar-refractivity contribution in [2.45, 2.75) is 84.4 Å². The Labute approximate surface area is 338 Å². The maximum Gasteiger partial charge on any atom is 0.330 e. The van der Waals surface area contributed by atoms with Gasteiger partial charge in [0.05, 0.1) is 20.6 Å². The minimum atomic E-state index is -6.06. The van der Waals surface area contributed by atoms with Crippen molar-refractivity contribution >= 4 is 61.0 Å². The molecule has 54 heavy (non-hydrogen) atoms. The van der Waals surface area contributed by atoms with Crippen molar-refractivity contribution in [3.8, 4) is 0 Å². The Kier molecular flexibility index (Phi) is 25.4. The molecule has 1 fully saturated rings. The van der Waals surface area contributed by atoms with Crippen LogP contribution in [-0.4, -0.2) is 71.2 Å². The summed E-state index contributed by atoms with van der Waals surface area (Å²) in [6.07, 6.45) is 1.99. The molecule has 2 rings (SSSR count). The number of nitrogens with two attached hydrogens (primary N) is 1. The largest absolute Gasteiger partial charge is 0.756 e. The van der Waals surface area contributed by atoms with E-state index in [2.05, 4.69) is 30.4 Å². The molecule has 0 aliphatic carbocycles. The van der Waals surface area contributed by atoms with Crippen LogP contribution in [0.3, 0.4) is 0 Å². The van der Waals surface area contributed by atoms with Gasteiger partial charge in [0.15, 0.2) is 0 Å². The molecule has 0 spiro atoms. The number of carbonyl (C=O) groups excluding carboxylic acids is 5. The second-order valence-electron chi connectivity index (χ2n) is 11.2. The molecule has 1 aromatic rings. The average Bonchev–Trinajstić information content (AvgIpc) is 3.30. The van der Waals surface area contributed by atoms with E-state index < -0.39 is 71.3 Å². The van der Waals surface area contributed by atoms with E-state index in [1.165, 1.54) is 20.3 Å². The van der Waals surface area contributed by atoms with Crippen LogP contribution in [0.1, 0.15) is 73.0 Å². The number of carbonyl (C=O) groups is 4. The molecule has 1 aliphatic rings. The molecule has 3 radical (unpaired) electrons. The number of ketones is 3. The molecule has 305 valence electrons. The smallest absolute Gasteiger partial charge is 0.330 e. The number of nitrogens with one attached hydrogen (secondary N) is 2. The van der Waals surface area contributed by atoms with Crippen molar-refractivity contribution in [1.29, 1.82) is 0 Å². The maximum atomic E-state index is 12.3. The second kappa shape index (κ2) is 25.3. The van der Waals surface area contributed by atoms with Crippen LogP contribution in [0.5, 0.6) is 0 Å². The van der Waals surface area contributed by atoms with Crippen LogP contribution in [0.4, 0.5) is 0 Å². The average molecular weight is 904 g/mol. The van der Waals surface area contributed by atoms with E-state index in [1.807, 2.05) is 0 Å². The third kappa shape index (κ3) is 22.0. The van der Waals surface area contributed by atoms with Gasteiger partial charge in [-0.2, -0.15) is 6.41 Å². The van der Waals surface area contributed by atoms with Crippen LogP contribution < -0.4 is 37.0 Å². The molecule has 0 saturated carbocycles. The van der Waals surface area contributed by atoms with Gasteiger partial charge in [0.2, 0.25) is 5.91 Å². The molecule has 2 heterocycles. The van der Waals surface area contributed by atoms with Crippen LogP contribution in [-0.2, 0) is 94.7 Å². The molecule has 8 unspecified atom stereocenters. The van der Waals surface area contributed by atoms with Crippen molar-refractivity contribution < 1.29 is 109 Å². The van der Waals surface area contributed by atoms with Crippen molar-refractivity contribution in [2.75, 3.05) is 13.2 Å². The van der Waals surface area contributed by atoms with Crippen LogP contribution >= 0.6 is 23.5 Å². The Hall–Kier alpha value is -1.96. The van der Waals surface area contributed by atoms with E-state index in [0.717, 1.165) is 10.8 Å². The number of hydrogen-bond donors (Lipinski definition) is 4. The topological polar surface area (TPSA) is 356 Å². The zero-order chi connectivity index (χ0) is 41.3. The van der Waals surface area contributed by atoms with Crippen LogP contribution in [0.25, 0.3) is 0 Å². The summed E-state index contributed by atoms with van der Waals surface area (Å²) in [7, 11) is -11.6. The molecule has 0 aromatic carbocycles. The number of aromatic nitrogens is 2. The fourth-order valence-electron chi connectivity index (χ4n) is 4.27. The van der Waals surface area contributed by atoms with Gasteiger partial charge in [0, 0.05) is 71.1 Å². The summed E-state index contributed by atoms with van der Waals surface area (Å²) in [5.74, 6) is -2.37. The Morgan fingerprint density at radius 1 is 1.17 bits per heavy atom. The molecule has 22 nitrogen and oxygen atoms in total. The normalized spacial score (nSPS) is 21.4. The summed E-state index contributed by atoms with van der Waals surface area (Å²) in [6, 6.07) is 0. The summed E-state index contributed by atoms with van der Waals surface area (Å²) in [5, 5.41) is 2.23. The molecule has 1 aromatic heterocycles. The number of amides is 2. The number of nitrogens with zero attached hydrogens (tertiary/aromatic N) is 1. The minimum Gasteiger partial charge on any atom is -0.756 e. The summed E-state index contributed by atoms with van der Waals surface area (Å²) >= 11 is 0. The molecular weight excluding hydrogens is 861 g/mol. The number of aromatic amines is 1. The van der Waals surface area contributed by atoms with E-state index in [9.17, 15) is 61.9 Å². The third-order valence-electron chi connectivity index (χ3n) is 7.02. The zero-order valence-electron chi connectivity index (χ0n) is 29.7. The zero-order valence-corrected chi connectivity index (χ0v) is 35.3. The summed E-state index contributed by atoms with van der Waals surface area (Å²) in [6.45, 7) is 8.77. The van der Waals surface area contributed by atoms with Gasteiger partial charge in [-0.15, -0.1) is 0 Å². The first-order valence-corrected chi connectivity index (χ1v) is 19.9. The number of rotatable bonds is 20. The fraction of sp³-hybridized carbons (Fsp3) is 0.630. The first-order valence-electron chi connectivity index (χ1n) is 15.5. The van der Waals surface area contributed by atoms with Gasteiger partial charge < -0.3 is 61.2 Å². The number of phosphoric acid groups is 3. The van der Waals surface area contributed by atoms with E-state index in [1.54, 1.807) is 13.8 Å². The summed E-state index contributed by atoms with van der Waals surface area (Å²) in [4.78, 5) is 121. The van der Waals surface area contributed by atoms with Crippen molar-refractivity contribution in [2.24, 2.45) is 17.6 Å². The van der Waals surface area contributed by atoms with E-state index in [4.69, 9.17) is 23.2 Å². The van der Waals surface area contributed by atoms with Crippen molar-refractivity contribution in [3.63, 3.8) is 0 Å². The number of ether oxygens (including phenoxy) is 1. The minimum absolute atomic E-state index is 0. The summed E-state index contributed by atoms with van der Waals surface area (Å²) < 4.78 is 51.0. The monoisotopic (exact) mass is 904 g/mol. The predicted octanol–water partition coefficient (Wildman–Crippen LogP) is -1.46. The Morgan fingerprint density at radius 2 is 1.74 bits per heavy atom. The van der Waals surface area contributed by atoms with E-state index in [-0.39, 0.29) is 88.8 Å². The first kappa shape index (κ1) is 54.1. The standard InChI is InChI=1S/C13H20BN3O14P3.C10H17NO3.C4H7O.Y.H2/c1-7-9(5-28-33(24,25)31-34(26,27)30-32(21,22)23)29-12(10(7)14)17-4-8(2-3-15-6-18)11(19)16-13(17)20;1-3-9(13)8(6-7(2)12)4-5-10(11)14;1-3-4(2)5;;/h4,7,9-10,12H,2-3,5H2,1H3,(H,15,18)(H,24,25)(H,26,27)(H,16,19,20)(H2,21,22,23);8H,3-6H2,1-2H3,(H2,11,14);2-3H2,1H3;;1H/q-1;;-1;;/p-3. The molecule has 8 atom stereocenters. The number of Topliss-reactive ketones (excluding diaryl/α,β-unsaturated/α-hetero) is 3. The van der Waals surface area contributed by atoms with Gasteiger partial charge in [-0.1, -0.05) is 20.8 Å². The Balaban J connectivity index is -0.00000107. The van der Waals surface area contributed by atoms with E-state index >= 15 is 0 Å². The van der Waals surface area contributed by atoms with Gasteiger partial charge in [0.1, 0.15) is 17.8 Å². The number of H-pyrrole nitrogens is 1. The van der Waals surface area contributed by atoms with Gasteiger partial charge in [-0.25, -0.2) is 13.4 Å². The Bertz CT molecular complexity index is 1690. The molecule has 5 N–H and O–H groups in total. The van der Waals surface area contributed by atoms with Gasteiger partial charge in [-0.3, -0.25) is 37.6 Å².